The number of halogens is 3. The number of unbranched alkanes of at least 4 members (excludes halogenated alkanes) is 2. The van der Waals surface area contributed by atoms with Crippen molar-refractivity contribution in [2.75, 3.05) is 19.8 Å². The van der Waals surface area contributed by atoms with Gasteiger partial charge in [-0.2, -0.15) is 0 Å². The Morgan fingerprint density at radius 3 is 2.52 bits per heavy atom. The average Bonchev–Trinajstić information content (AvgIpc) is 2.51. The molecule has 0 saturated heterocycles. The molecule has 0 unspecified atom stereocenters. The number of ether oxygens (including phenoxy) is 2. The third-order valence-corrected chi connectivity index (χ3v) is 3.82. The molecule has 0 N–H and O–H groups in total. The van der Waals surface area contributed by atoms with Gasteiger partial charge in [0.15, 0.2) is 0 Å². The van der Waals surface area contributed by atoms with Crippen LogP contribution in [0.3, 0.4) is 0 Å². The second-order valence-electron chi connectivity index (χ2n) is 5.64. The summed E-state index contributed by atoms with van der Waals surface area (Å²) in [5.41, 5.74) is 1.86. The van der Waals surface area contributed by atoms with Gasteiger partial charge in [-0.1, -0.05) is 28.4 Å². The topological polar surface area (TPSA) is 40.0 Å². The zero-order valence-electron chi connectivity index (χ0n) is 14.8. The molecule has 0 spiro atoms. The predicted molar refractivity (Wildman–Crippen MR) is 109 cm³/mol. The largest absolute Gasteiger partial charge is 0.492 e. The van der Waals surface area contributed by atoms with E-state index in [-0.39, 0.29) is 0 Å². The van der Waals surface area contributed by atoms with Crippen molar-refractivity contribution in [3.05, 3.63) is 32.7 Å². The van der Waals surface area contributed by atoms with E-state index in [1.807, 2.05) is 26.8 Å². The van der Waals surface area contributed by atoms with Gasteiger partial charge in [-0.25, -0.2) is 0 Å². The Labute approximate surface area is 168 Å². The maximum Gasteiger partial charge on any atom is 0.141 e. The van der Waals surface area contributed by atoms with Crippen molar-refractivity contribution in [3.8, 4) is 11.5 Å². The third kappa shape index (κ3) is 9.97. The summed E-state index contributed by atoms with van der Waals surface area (Å²) in [4.78, 5) is 5.16. The summed E-state index contributed by atoms with van der Waals surface area (Å²) in [6, 6.07) is 3.65. The van der Waals surface area contributed by atoms with Gasteiger partial charge in [-0.15, -0.1) is 0 Å². The van der Waals surface area contributed by atoms with Gasteiger partial charge >= 0.3 is 0 Å². The Balaban J connectivity index is 2.36. The predicted octanol–water partition coefficient (Wildman–Crippen LogP) is 6.46. The molecule has 1 aromatic carbocycles. The number of benzene rings is 1. The highest BCUT2D eigenvalue weighted by molar-refractivity contribution is 9.12. The molecule has 1 aromatic rings. The first kappa shape index (κ1) is 22.1. The molecule has 140 valence electrons. The fourth-order valence-electron chi connectivity index (χ4n) is 1.96. The van der Waals surface area contributed by atoms with Crippen LogP contribution in [0.15, 0.2) is 27.3 Å². The standard InChI is InChI=1S/C18H24BrCl2NO3/c1-13(2)22-25-9-6-4-5-8-24-18-14(3)11-15(12-16(18)20)23-10-7-17(19)21/h7,11-12H,4-6,8-10H2,1-3H3/b17-7-. The number of rotatable bonds is 11. The third-order valence-electron chi connectivity index (χ3n) is 3.06. The second-order valence-corrected chi connectivity index (χ2v) is 7.76. The first-order valence-electron chi connectivity index (χ1n) is 8.10. The van der Waals surface area contributed by atoms with Crippen LogP contribution in [0.5, 0.6) is 11.5 Å². The van der Waals surface area contributed by atoms with Crippen LogP contribution in [0.2, 0.25) is 5.02 Å². The normalized spacial score (nSPS) is 11.2. The maximum atomic E-state index is 6.30. The van der Waals surface area contributed by atoms with Crippen LogP contribution in [-0.4, -0.2) is 25.5 Å². The molecule has 0 saturated carbocycles. The summed E-state index contributed by atoms with van der Waals surface area (Å²) in [5.74, 6) is 1.38. The summed E-state index contributed by atoms with van der Waals surface area (Å²) in [6.45, 7) is 7.36. The van der Waals surface area contributed by atoms with Crippen LogP contribution in [0.25, 0.3) is 0 Å². The van der Waals surface area contributed by atoms with Gasteiger partial charge in [0.05, 0.1) is 21.3 Å². The number of hydrogen-bond donors (Lipinski definition) is 0. The fourth-order valence-corrected chi connectivity index (χ4v) is 2.47. The smallest absolute Gasteiger partial charge is 0.141 e. The second kappa shape index (κ2) is 12.4. The van der Waals surface area contributed by atoms with Crippen LogP contribution >= 0.6 is 39.1 Å². The monoisotopic (exact) mass is 451 g/mol. The number of aryl methyl sites for hydroxylation is 1. The van der Waals surface area contributed by atoms with Crippen molar-refractivity contribution in [2.24, 2.45) is 5.16 Å². The van der Waals surface area contributed by atoms with Gasteiger partial charge < -0.3 is 14.3 Å². The van der Waals surface area contributed by atoms with Gasteiger partial charge in [0.1, 0.15) is 24.7 Å². The molecule has 0 fully saturated rings. The molecular weight excluding hydrogens is 429 g/mol. The summed E-state index contributed by atoms with van der Waals surface area (Å²) in [6.07, 6.45) is 4.60. The number of oxime groups is 1. The molecule has 0 aliphatic carbocycles. The molecule has 0 amide bonds. The zero-order valence-corrected chi connectivity index (χ0v) is 17.9. The maximum absolute atomic E-state index is 6.30. The van der Waals surface area contributed by atoms with Crippen molar-refractivity contribution < 1.29 is 14.3 Å². The Morgan fingerprint density at radius 2 is 1.88 bits per heavy atom. The fraction of sp³-hybridized carbons (Fsp3) is 0.500. The summed E-state index contributed by atoms with van der Waals surface area (Å²) in [5, 5.41) is 4.44. The molecule has 0 bridgehead atoms. The van der Waals surface area contributed by atoms with Gasteiger partial charge in [0.25, 0.3) is 0 Å². The molecule has 1 rings (SSSR count). The Hall–Kier alpha value is -0.910. The van der Waals surface area contributed by atoms with E-state index in [9.17, 15) is 0 Å². The molecule has 0 heterocycles. The highest BCUT2D eigenvalue weighted by Gasteiger charge is 2.09. The lowest BCUT2D eigenvalue weighted by Gasteiger charge is -2.13. The lowest BCUT2D eigenvalue weighted by Crippen LogP contribution is -2.01. The molecule has 7 heteroatoms. The van der Waals surface area contributed by atoms with Gasteiger partial charge in [0.2, 0.25) is 0 Å². The molecule has 4 nitrogen and oxygen atoms in total. The summed E-state index contributed by atoms with van der Waals surface area (Å²) in [7, 11) is 0. The van der Waals surface area contributed by atoms with Crippen LogP contribution in [0.4, 0.5) is 0 Å². The van der Waals surface area contributed by atoms with Gasteiger partial charge in [0, 0.05) is 6.07 Å². The van der Waals surface area contributed by atoms with Crippen LogP contribution in [-0.2, 0) is 4.84 Å². The van der Waals surface area contributed by atoms with E-state index >= 15 is 0 Å². The van der Waals surface area contributed by atoms with E-state index in [0.29, 0.717) is 40.3 Å². The van der Waals surface area contributed by atoms with E-state index in [2.05, 4.69) is 21.1 Å². The van der Waals surface area contributed by atoms with Crippen molar-refractivity contribution in [3.63, 3.8) is 0 Å². The van der Waals surface area contributed by atoms with E-state index in [0.717, 1.165) is 30.5 Å². The zero-order chi connectivity index (χ0) is 18.7. The van der Waals surface area contributed by atoms with E-state index < -0.39 is 0 Å². The lowest BCUT2D eigenvalue weighted by atomic mass is 10.2. The summed E-state index contributed by atoms with van der Waals surface area (Å²) < 4.78 is 11.9. The molecular formula is C18H24BrCl2NO3. The van der Waals surface area contributed by atoms with E-state index in [1.54, 1.807) is 12.1 Å². The SMILES string of the molecule is CC(C)=NOCCCCCOc1c(C)cc(OC/C=C(\Cl)Br)cc1Cl. The molecule has 0 aliphatic rings. The minimum absolute atomic E-state index is 0.365. The molecule has 0 radical (unpaired) electrons. The molecule has 0 aromatic heterocycles. The van der Waals surface area contributed by atoms with Crippen LogP contribution < -0.4 is 9.47 Å². The van der Waals surface area contributed by atoms with E-state index in [1.165, 1.54) is 0 Å². The van der Waals surface area contributed by atoms with Crippen LogP contribution in [0, 0.1) is 6.92 Å². The minimum atomic E-state index is 0.365. The van der Waals surface area contributed by atoms with Gasteiger partial charge in [-0.05, 0) is 73.7 Å². The van der Waals surface area contributed by atoms with Crippen LogP contribution in [0.1, 0.15) is 38.7 Å². The number of nitrogens with zero attached hydrogens (tertiary/aromatic N) is 1. The Bertz CT molecular complexity index is 575. The van der Waals surface area contributed by atoms with Gasteiger partial charge in [-0.3, -0.25) is 0 Å². The average molecular weight is 453 g/mol. The summed E-state index contributed by atoms with van der Waals surface area (Å²) >= 11 is 15.1. The first-order valence-corrected chi connectivity index (χ1v) is 9.65. The quantitative estimate of drug-likeness (QED) is 0.219. The van der Waals surface area contributed by atoms with Crippen molar-refractivity contribution in [1.82, 2.24) is 0 Å². The van der Waals surface area contributed by atoms with Crippen molar-refractivity contribution >= 4 is 44.8 Å². The highest BCUT2D eigenvalue weighted by Crippen LogP contribution is 2.33. The molecule has 0 atom stereocenters. The van der Waals surface area contributed by atoms with Crippen molar-refractivity contribution in [2.45, 2.75) is 40.0 Å². The lowest BCUT2D eigenvalue weighted by molar-refractivity contribution is 0.138. The highest BCUT2D eigenvalue weighted by atomic mass is 79.9. The Kier molecular flexibility index (Phi) is 11.0. The van der Waals surface area contributed by atoms with E-state index in [4.69, 9.17) is 37.5 Å². The van der Waals surface area contributed by atoms with Crippen molar-refractivity contribution in [1.29, 1.82) is 0 Å². The molecule has 0 aliphatic heterocycles. The minimum Gasteiger partial charge on any atom is -0.492 e. The number of hydrogen-bond acceptors (Lipinski definition) is 4. The first-order chi connectivity index (χ1) is 11.9. The molecule has 25 heavy (non-hydrogen) atoms. The Morgan fingerprint density at radius 1 is 1.16 bits per heavy atom.